The number of anilines is 1. The average Bonchev–Trinajstić information content (AvgIpc) is 3.35. The van der Waals surface area contributed by atoms with Crippen molar-refractivity contribution in [3.63, 3.8) is 0 Å². The van der Waals surface area contributed by atoms with E-state index in [9.17, 15) is 9.90 Å². The average molecular weight is 435 g/mol. The number of hydrogen-bond acceptors (Lipinski definition) is 12. The van der Waals surface area contributed by atoms with Crippen molar-refractivity contribution in [2.24, 2.45) is 0 Å². The van der Waals surface area contributed by atoms with Crippen molar-refractivity contribution >= 4 is 23.7 Å². The van der Waals surface area contributed by atoms with Gasteiger partial charge >= 0.3 is 5.97 Å². The van der Waals surface area contributed by atoms with Crippen LogP contribution in [0.25, 0.3) is 0 Å². The Morgan fingerprint density at radius 1 is 1.40 bits per heavy atom. The minimum Gasteiger partial charge on any atom is -0.507 e. The second-order valence-electron chi connectivity index (χ2n) is 6.26. The lowest BCUT2D eigenvalue weighted by Gasteiger charge is -2.17. The van der Waals surface area contributed by atoms with Gasteiger partial charge in [-0.3, -0.25) is 0 Å². The zero-order valence-electron chi connectivity index (χ0n) is 16.8. The second-order valence-corrected chi connectivity index (χ2v) is 7.29. The minimum absolute atomic E-state index is 0.0718. The zero-order valence-corrected chi connectivity index (χ0v) is 17.6. The summed E-state index contributed by atoms with van der Waals surface area (Å²) in [5.41, 5.74) is 7.10. The Hall–Kier alpha value is -3.35. The highest BCUT2D eigenvalue weighted by atomic mass is 32.2. The number of benzene rings is 1. The third-order valence-electron chi connectivity index (χ3n) is 4.40. The number of phenolic OH excluding ortho intramolecular Hbond substituents is 1. The Morgan fingerprint density at radius 2 is 2.17 bits per heavy atom. The molecule has 30 heavy (non-hydrogen) atoms. The van der Waals surface area contributed by atoms with Crippen molar-refractivity contribution in [1.29, 1.82) is 0 Å². The van der Waals surface area contributed by atoms with E-state index in [4.69, 9.17) is 19.7 Å². The van der Waals surface area contributed by atoms with Crippen LogP contribution < -0.4 is 10.5 Å². The zero-order chi connectivity index (χ0) is 21.8. The van der Waals surface area contributed by atoms with Crippen LogP contribution in [-0.2, 0) is 10.5 Å². The van der Waals surface area contributed by atoms with Gasteiger partial charge in [0, 0.05) is 28.7 Å². The lowest BCUT2D eigenvalue weighted by molar-refractivity contribution is 0.0598. The fraction of sp³-hybridized carbons (Fsp3) is 0.412. The van der Waals surface area contributed by atoms with Gasteiger partial charge in [-0.05, 0) is 24.3 Å². The first-order valence-corrected chi connectivity index (χ1v) is 9.91. The van der Waals surface area contributed by atoms with Gasteiger partial charge in [-0.25, -0.2) is 4.79 Å². The number of aryl methyl sites for hydroxylation is 1. The molecule has 3 aromatic rings. The number of methoxy groups -OCH3 is 2. The molecule has 1 atom stereocenters. The van der Waals surface area contributed by atoms with E-state index in [1.807, 2.05) is 0 Å². The van der Waals surface area contributed by atoms with Gasteiger partial charge in [0.1, 0.15) is 17.5 Å². The van der Waals surface area contributed by atoms with Crippen LogP contribution in [0.5, 0.6) is 11.5 Å². The molecule has 3 N–H and O–H groups in total. The molecule has 0 fully saturated rings. The highest BCUT2D eigenvalue weighted by molar-refractivity contribution is 7.98. The van der Waals surface area contributed by atoms with Crippen molar-refractivity contribution in [3.8, 4) is 11.5 Å². The molecule has 1 unspecified atom stereocenters. The Balaban J connectivity index is 1.88. The standard InChI is InChI=1S/C17H21N7O5S/c1-8-13(27-3)5-12(25)10(14(8)16(26)28-4)6-30-7-11(15-19-9(2)21-29-15)24-17(18)20-22-23-24/h5,11,25H,6-7H2,1-4H3,(H2,18,20,23). The largest absolute Gasteiger partial charge is 0.507 e. The van der Waals surface area contributed by atoms with E-state index < -0.39 is 12.0 Å². The van der Waals surface area contributed by atoms with Crippen molar-refractivity contribution in [2.75, 3.05) is 25.7 Å². The number of aromatic hydroxyl groups is 1. The molecular weight excluding hydrogens is 414 g/mol. The highest BCUT2D eigenvalue weighted by Crippen LogP contribution is 2.36. The van der Waals surface area contributed by atoms with E-state index in [0.717, 1.165) is 0 Å². The van der Waals surface area contributed by atoms with E-state index in [1.54, 1.807) is 13.8 Å². The Kier molecular flexibility index (Phi) is 6.40. The summed E-state index contributed by atoms with van der Waals surface area (Å²) in [4.78, 5) is 16.6. The molecule has 0 bridgehead atoms. The van der Waals surface area contributed by atoms with Gasteiger partial charge < -0.3 is 24.8 Å². The highest BCUT2D eigenvalue weighted by Gasteiger charge is 2.26. The first-order chi connectivity index (χ1) is 14.4. The maximum Gasteiger partial charge on any atom is 0.338 e. The van der Waals surface area contributed by atoms with Gasteiger partial charge in [0.2, 0.25) is 5.95 Å². The number of phenols is 1. The van der Waals surface area contributed by atoms with Gasteiger partial charge in [-0.1, -0.05) is 10.3 Å². The number of ether oxygens (including phenoxy) is 2. The number of carbonyl (C=O) groups excluding carboxylic acids is 1. The molecule has 0 radical (unpaired) electrons. The van der Waals surface area contributed by atoms with Crippen LogP contribution in [-0.4, -0.2) is 61.4 Å². The summed E-state index contributed by atoms with van der Waals surface area (Å²) in [7, 11) is 2.74. The molecular formula is C17H21N7O5S. The predicted octanol–water partition coefficient (Wildman–Crippen LogP) is 1.28. The van der Waals surface area contributed by atoms with Crippen LogP contribution in [0, 0.1) is 13.8 Å². The molecule has 13 heteroatoms. The van der Waals surface area contributed by atoms with Crippen LogP contribution in [0.2, 0.25) is 0 Å². The number of tetrazole rings is 1. The normalized spacial score (nSPS) is 12.0. The van der Waals surface area contributed by atoms with Crippen LogP contribution in [0.4, 0.5) is 5.95 Å². The molecule has 2 heterocycles. The van der Waals surface area contributed by atoms with Crippen molar-refractivity contribution < 1.29 is 23.9 Å². The van der Waals surface area contributed by atoms with E-state index in [-0.39, 0.29) is 23.0 Å². The first-order valence-electron chi connectivity index (χ1n) is 8.76. The van der Waals surface area contributed by atoms with E-state index in [0.29, 0.717) is 34.3 Å². The molecule has 3 rings (SSSR count). The fourth-order valence-corrected chi connectivity index (χ4v) is 4.05. The summed E-state index contributed by atoms with van der Waals surface area (Å²) in [6.07, 6.45) is 0. The molecule has 0 saturated carbocycles. The molecule has 0 aliphatic carbocycles. The summed E-state index contributed by atoms with van der Waals surface area (Å²) in [5, 5.41) is 25.4. The van der Waals surface area contributed by atoms with Gasteiger partial charge in [-0.2, -0.15) is 21.4 Å². The van der Waals surface area contributed by atoms with Crippen LogP contribution in [0.1, 0.15) is 39.2 Å². The monoisotopic (exact) mass is 435 g/mol. The number of nitrogen functional groups attached to an aromatic ring is 1. The lowest BCUT2D eigenvalue weighted by atomic mass is 10.0. The van der Waals surface area contributed by atoms with Gasteiger partial charge in [-0.15, -0.1) is 0 Å². The van der Waals surface area contributed by atoms with Gasteiger partial charge in [0.05, 0.1) is 19.8 Å². The predicted molar refractivity (Wildman–Crippen MR) is 106 cm³/mol. The lowest BCUT2D eigenvalue weighted by Crippen LogP contribution is -2.18. The number of aromatic nitrogens is 6. The third-order valence-corrected chi connectivity index (χ3v) is 5.44. The Bertz CT molecular complexity index is 1050. The van der Waals surface area contributed by atoms with E-state index >= 15 is 0 Å². The molecule has 0 saturated heterocycles. The van der Waals surface area contributed by atoms with Crippen molar-refractivity contribution in [3.05, 3.63) is 34.5 Å². The molecule has 160 valence electrons. The molecule has 0 spiro atoms. The quantitative estimate of drug-likeness (QED) is 0.488. The number of rotatable bonds is 8. The molecule has 12 nitrogen and oxygen atoms in total. The number of hydrogen-bond donors (Lipinski definition) is 2. The second kappa shape index (κ2) is 8.98. The minimum atomic E-state index is -0.564. The number of esters is 1. The summed E-state index contributed by atoms with van der Waals surface area (Å²) in [6.45, 7) is 3.42. The van der Waals surface area contributed by atoms with Crippen LogP contribution >= 0.6 is 11.8 Å². The molecule has 1 aromatic carbocycles. The van der Waals surface area contributed by atoms with E-state index in [2.05, 4.69) is 25.7 Å². The first kappa shape index (κ1) is 21.4. The summed E-state index contributed by atoms with van der Waals surface area (Å²) in [6, 6.07) is 0.935. The maximum absolute atomic E-state index is 12.3. The number of nitrogens with zero attached hydrogens (tertiary/aromatic N) is 6. The smallest absolute Gasteiger partial charge is 0.338 e. The van der Waals surface area contributed by atoms with Crippen molar-refractivity contribution in [1.82, 2.24) is 30.3 Å². The molecule has 0 aliphatic heterocycles. The number of thioether (sulfide) groups is 1. The van der Waals surface area contributed by atoms with E-state index in [1.165, 1.54) is 36.7 Å². The fourth-order valence-electron chi connectivity index (χ4n) is 2.92. The van der Waals surface area contributed by atoms with Crippen LogP contribution in [0.3, 0.4) is 0 Å². The Labute approximate surface area is 175 Å². The molecule has 0 aliphatic rings. The molecule has 2 aromatic heterocycles. The third kappa shape index (κ3) is 4.15. The van der Waals surface area contributed by atoms with Crippen LogP contribution in [0.15, 0.2) is 10.6 Å². The van der Waals surface area contributed by atoms with Crippen molar-refractivity contribution in [2.45, 2.75) is 25.6 Å². The Morgan fingerprint density at radius 3 is 2.73 bits per heavy atom. The maximum atomic E-state index is 12.3. The van der Waals surface area contributed by atoms with Gasteiger partial charge in [0.15, 0.2) is 5.82 Å². The summed E-state index contributed by atoms with van der Waals surface area (Å²) < 4.78 is 16.8. The topological polar surface area (TPSA) is 164 Å². The molecule has 0 amide bonds. The summed E-state index contributed by atoms with van der Waals surface area (Å²) in [5.74, 6) is 1.26. The SMILES string of the molecule is COC(=O)c1c(C)c(OC)cc(O)c1CSCC(c1nc(C)no1)n1nnnc1N. The summed E-state index contributed by atoms with van der Waals surface area (Å²) >= 11 is 1.40. The van der Waals surface area contributed by atoms with Gasteiger partial charge in [0.25, 0.3) is 5.89 Å². The number of nitrogens with two attached hydrogens (primary N) is 1. The number of carbonyl (C=O) groups is 1.